The van der Waals surface area contributed by atoms with Crippen molar-refractivity contribution in [1.29, 1.82) is 0 Å². The van der Waals surface area contributed by atoms with E-state index in [1.54, 1.807) is 0 Å². The van der Waals surface area contributed by atoms with E-state index in [1.807, 2.05) is 36.1 Å². The lowest BCUT2D eigenvalue weighted by atomic mass is 10.1. The van der Waals surface area contributed by atoms with E-state index in [4.69, 9.17) is 4.42 Å². The molecule has 2 aromatic rings. The van der Waals surface area contributed by atoms with Gasteiger partial charge in [-0.05, 0) is 31.6 Å². The molecule has 1 heterocycles. The number of furan rings is 1. The maximum Gasteiger partial charge on any atom is 0.137 e. The molecule has 98 valence electrons. The molecule has 3 heteroatoms. The van der Waals surface area contributed by atoms with Gasteiger partial charge >= 0.3 is 0 Å². The number of para-hydroxylation sites is 1. The molecule has 0 radical (unpaired) electrons. The highest BCUT2D eigenvalue weighted by atomic mass is 16.3. The van der Waals surface area contributed by atoms with E-state index in [0.717, 1.165) is 35.4 Å². The minimum Gasteiger partial charge on any atom is -0.461 e. The van der Waals surface area contributed by atoms with E-state index in [9.17, 15) is 5.11 Å². The monoisotopic (exact) mass is 247 g/mol. The third-order valence-electron chi connectivity index (χ3n) is 3.39. The Morgan fingerprint density at radius 1 is 1.28 bits per heavy atom. The van der Waals surface area contributed by atoms with Crippen molar-refractivity contribution in [3.8, 4) is 0 Å². The average molecular weight is 247 g/mol. The standard InChI is InChI=1S/C15H21NO2/c1-4-16(5-2)14(17)10-13-8-6-7-12-9-11(3)18-15(12)13/h6-9,14,17H,4-5,10H2,1-3H3. The Morgan fingerprint density at radius 2 is 2.00 bits per heavy atom. The third kappa shape index (κ3) is 2.57. The normalized spacial score (nSPS) is 13.4. The van der Waals surface area contributed by atoms with Gasteiger partial charge in [0.15, 0.2) is 0 Å². The van der Waals surface area contributed by atoms with Crippen LogP contribution < -0.4 is 0 Å². The van der Waals surface area contributed by atoms with Crippen LogP contribution in [0.5, 0.6) is 0 Å². The van der Waals surface area contributed by atoms with Crippen molar-refractivity contribution in [1.82, 2.24) is 4.90 Å². The summed E-state index contributed by atoms with van der Waals surface area (Å²) < 4.78 is 5.72. The van der Waals surface area contributed by atoms with Crippen LogP contribution in [0, 0.1) is 6.92 Å². The molecule has 1 aromatic heterocycles. The first-order valence-corrected chi connectivity index (χ1v) is 6.55. The summed E-state index contributed by atoms with van der Waals surface area (Å²) in [6, 6.07) is 8.11. The van der Waals surface area contributed by atoms with Crippen LogP contribution in [-0.4, -0.2) is 29.3 Å². The second kappa shape index (κ2) is 5.55. The van der Waals surface area contributed by atoms with E-state index < -0.39 is 6.23 Å². The minimum atomic E-state index is -0.448. The number of likely N-dealkylation sites (N-methyl/N-ethyl adjacent to an activating group) is 1. The lowest BCUT2D eigenvalue weighted by Gasteiger charge is -2.24. The average Bonchev–Trinajstić information content (AvgIpc) is 2.72. The molecule has 0 spiro atoms. The number of aliphatic hydroxyl groups excluding tert-OH is 1. The van der Waals surface area contributed by atoms with E-state index in [2.05, 4.69) is 13.8 Å². The van der Waals surface area contributed by atoms with Crippen molar-refractivity contribution in [3.05, 3.63) is 35.6 Å². The number of fused-ring (bicyclic) bond motifs is 1. The molecule has 18 heavy (non-hydrogen) atoms. The third-order valence-corrected chi connectivity index (χ3v) is 3.39. The Morgan fingerprint density at radius 3 is 2.67 bits per heavy atom. The van der Waals surface area contributed by atoms with E-state index in [0.29, 0.717) is 6.42 Å². The summed E-state index contributed by atoms with van der Waals surface area (Å²) in [4.78, 5) is 2.04. The molecule has 0 aliphatic heterocycles. The molecule has 0 saturated carbocycles. The number of hydrogen-bond acceptors (Lipinski definition) is 3. The molecule has 1 atom stereocenters. The van der Waals surface area contributed by atoms with Crippen molar-refractivity contribution in [2.45, 2.75) is 33.4 Å². The van der Waals surface area contributed by atoms with Gasteiger partial charge in [0.05, 0.1) is 0 Å². The lowest BCUT2D eigenvalue weighted by Crippen LogP contribution is -2.36. The van der Waals surface area contributed by atoms with Gasteiger partial charge in [-0.15, -0.1) is 0 Å². The maximum atomic E-state index is 10.2. The van der Waals surface area contributed by atoms with Gasteiger partial charge in [-0.1, -0.05) is 32.0 Å². The summed E-state index contributed by atoms with van der Waals surface area (Å²) in [5.74, 6) is 0.912. The van der Waals surface area contributed by atoms with Crippen molar-refractivity contribution in [3.63, 3.8) is 0 Å². The van der Waals surface area contributed by atoms with Crippen LogP contribution in [0.4, 0.5) is 0 Å². The topological polar surface area (TPSA) is 36.6 Å². The SMILES string of the molecule is CCN(CC)C(O)Cc1cccc2cc(C)oc12. The van der Waals surface area contributed by atoms with E-state index >= 15 is 0 Å². The van der Waals surface area contributed by atoms with Crippen LogP contribution >= 0.6 is 0 Å². The fraction of sp³-hybridized carbons (Fsp3) is 0.467. The van der Waals surface area contributed by atoms with Crippen molar-refractivity contribution in [2.75, 3.05) is 13.1 Å². The zero-order chi connectivity index (χ0) is 13.1. The molecular weight excluding hydrogens is 226 g/mol. The predicted octanol–water partition coefficient (Wildman–Crippen LogP) is 2.94. The van der Waals surface area contributed by atoms with Crippen molar-refractivity contribution in [2.24, 2.45) is 0 Å². The first-order chi connectivity index (χ1) is 8.65. The summed E-state index contributed by atoms with van der Waals surface area (Å²) in [5.41, 5.74) is 1.97. The molecule has 2 rings (SSSR count). The molecule has 0 aliphatic carbocycles. The molecule has 1 aromatic carbocycles. The van der Waals surface area contributed by atoms with Crippen LogP contribution in [0.1, 0.15) is 25.2 Å². The summed E-state index contributed by atoms with van der Waals surface area (Å²) in [7, 11) is 0. The fourth-order valence-corrected chi connectivity index (χ4v) is 2.38. The highest BCUT2D eigenvalue weighted by Crippen LogP contribution is 2.24. The largest absolute Gasteiger partial charge is 0.461 e. The van der Waals surface area contributed by atoms with Gasteiger partial charge in [0, 0.05) is 11.8 Å². The molecule has 0 bridgehead atoms. The highest BCUT2D eigenvalue weighted by Gasteiger charge is 2.15. The first kappa shape index (κ1) is 13.1. The number of nitrogens with zero attached hydrogens (tertiary/aromatic N) is 1. The van der Waals surface area contributed by atoms with E-state index in [-0.39, 0.29) is 0 Å². The van der Waals surface area contributed by atoms with Gasteiger partial charge < -0.3 is 9.52 Å². The molecule has 1 unspecified atom stereocenters. The zero-order valence-electron chi connectivity index (χ0n) is 11.3. The Bertz CT molecular complexity index is 514. The smallest absolute Gasteiger partial charge is 0.137 e. The fourth-order valence-electron chi connectivity index (χ4n) is 2.38. The number of aryl methyl sites for hydroxylation is 1. The van der Waals surface area contributed by atoms with Crippen LogP contribution in [0.25, 0.3) is 11.0 Å². The molecular formula is C15H21NO2. The Kier molecular flexibility index (Phi) is 4.04. The molecule has 0 amide bonds. The second-order valence-corrected chi connectivity index (χ2v) is 4.60. The second-order valence-electron chi connectivity index (χ2n) is 4.60. The highest BCUT2D eigenvalue weighted by molar-refractivity contribution is 5.81. The summed E-state index contributed by atoms with van der Waals surface area (Å²) in [6.45, 7) is 7.77. The van der Waals surface area contributed by atoms with Crippen molar-refractivity contribution >= 4 is 11.0 Å². The van der Waals surface area contributed by atoms with Crippen LogP contribution in [-0.2, 0) is 6.42 Å². The molecule has 0 saturated heterocycles. The van der Waals surface area contributed by atoms with Gasteiger partial charge in [-0.3, -0.25) is 4.90 Å². The molecule has 1 N–H and O–H groups in total. The Hall–Kier alpha value is -1.32. The van der Waals surface area contributed by atoms with E-state index in [1.165, 1.54) is 0 Å². The Labute approximate surface area is 108 Å². The predicted molar refractivity (Wildman–Crippen MR) is 73.6 cm³/mol. The summed E-state index contributed by atoms with van der Waals surface area (Å²) in [5, 5.41) is 11.3. The van der Waals surface area contributed by atoms with Gasteiger partial charge in [0.25, 0.3) is 0 Å². The number of hydrogen-bond donors (Lipinski definition) is 1. The van der Waals surface area contributed by atoms with Crippen LogP contribution in [0.3, 0.4) is 0 Å². The zero-order valence-corrected chi connectivity index (χ0v) is 11.3. The Balaban J connectivity index is 2.26. The quantitative estimate of drug-likeness (QED) is 0.825. The number of rotatable bonds is 5. The first-order valence-electron chi connectivity index (χ1n) is 6.55. The molecule has 0 aliphatic rings. The van der Waals surface area contributed by atoms with Crippen LogP contribution in [0.15, 0.2) is 28.7 Å². The maximum absolute atomic E-state index is 10.2. The number of benzene rings is 1. The number of aliphatic hydroxyl groups is 1. The van der Waals surface area contributed by atoms with Gasteiger partial charge in [-0.2, -0.15) is 0 Å². The van der Waals surface area contributed by atoms with Crippen LogP contribution in [0.2, 0.25) is 0 Å². The molecule has 0 fully saturated rings. The summed E-state index contributed by atoms with van der Waals surface area (Å²) >= 11 is 0. The summed E-state index contributed by atoms with van der Waals surface area (Å²) in [6.07, 6.45) is 0.155. The lowest BCUT2D eigenvalue weighted by molar-refractivity contribution is 0.0116. The molecule has 3 nitrogen and oxygen atoms in total. The minimum absolute atomic E-state index is 0.448. The van der Waals surface area contributed by atoms with Gasteiger partial charge in [0.1, 0.15) is 17.6 Å². The van der Waals surface area contributed by atoms with Crippen molar-refractivity contribution < 1.29 is 9.52 Å². The van der Waals surface area contributed by atoms with Gasteiger partial charge in [-0.25, -0.2) is 0 Å². The van der Waals surface area contributed by atoms with Gasteiger partial charge in [0.2, 0.25) is 0 Å².